The van der Waals surface area contributed by atoms with E-state index < -0.39 is 11.0 Å². The van der Waals surface area contributed by atoms with Crippen LogP contribution in [0.1, 0.15) is 20.8 Å². The van der Waals surface area contributed by atoms with E-state index >= 15 is 0 Å². The van der Waals surface area contributed by atoms with Gasteiger partial charge in [-0.3, -0.25) is 14.9 Å². The number of nitrogen functional groups attached to an aromatic ring is 1. The van der Waals surface area contributed by atoms with Crippen molar-refractivity contribution in [3.05, 3.63) is 22.2 Å². The van der Waals surface area contributed by atoms with Crippen LogP contribution in [0.5, 0.6) is 0 Å². The molecule has 3 N–H and O–H groups in total. The molecular weight excluding hydrogens is 262 g/mol. The van der Waals surface area contributed by atoms with Crippen molar-refractivity contribution in [3.63, 3.8) is 0 Å². The van der Waals surface area contributed by atoms with Gasteiger partial charge in [-0.25, -0.2) is 4.98 Å². The van der Waals surface area contributed by atoms with Gasteiger partial charge in [-0.2, -0.15) is 0 Å². The maximum Gasteiger partial charge on any atom is 0.311 e. The summed E-state index contributed by atoms with van der Waals surface area (Å²) in [5, 5.41) is 13.5. The number of aromatic nitrogens is 1. The molecule has 0 radical (unpaired) electrons. The average Bonchev–Trinajstić information content (AvgIpc) is 2.39. The normalized spacial score (nSPS) is 11.8. The summed E-state index contributed by atoms with van der Waals surface area (Å²) >= 11 is 0. The number of hydrogen-bond acceptors (Lipinski definition) is 6. The van der Waals surface area contributed by atoms with E-state index in [0.29, 0.717) is 18.9 Å². The summed E-state index contributed by atoms with van der Waals surface area (Å²) < 4.78 is 0. The lowest BCUT2D eigenvalue weighted by Crippen LogP contribution is -2.41. The van der Waals surface area contributed by atoms with Gasteiger partial charge in [-0.15, -0.1) is 0 Å². The molecule has 1 atom stereocenters. The smallest absolute Gasteiger partial charge is 0.311 e. The third-order valence-corrected chi connectivity index (χ3v) is 2.91. The van der Waals surface area contributed by atoms with Crippen LogP contribution in [0.3, 0.4) is 0 Å². The van der Waals surface area contributed by atoms with Gasteiger partial charge in [0.2, 0.25) is 11.7 Å². The van der Waals surface area contributed by atoms with Crippen molar-refractivity contribution in [3.8, 4) is 0 Å². The molecule has 1 heterocycles. The predicted octanol–water partition coefficient (Wildman–Crippen LogP) is 1.24. The minimum absolute atomic E-state index is 0.0614. The summed E-state index contributed by atoms with van der Waals surface area (Å²) in [6.45, 7) is 6.75. The van der Waals surface area contributed by atoms with Crippen molar-refractivity contribution in [1.82, 2.24) is 9.88 Å². The molecule has 0 saturated heterocycles. The monoisotopic (exact) mass is 281 g/mol. The van der Waals surface area contributed by atoms with Crippen molar-refractivity contribution in [1.29, 1.82) is 0 Å². The van der Waals surface area contributed by atoms with Gasteiger partial charge >= 0.3 is 5.69 Å². The van der Waals surface area contributed by atoms with Gasteiger partial charge in [-0.05, 0) is 26.8 Å². The van der Waals surface area contributed by atoms with Crippen LogP contribution < -0.4 is 11.1 Å². The van der Waals surface area contributed by atoms with Gasteiger partial charge in [0.05, 0.1) is 4.92 Å². The second kappa shape index (κ2) is 6.69. The summed E-state index contributed by atoms with van der Waals surface area (Å²) in [6, 6.07) is 2.21. The quantitative estimate of drug-likeness (QED) is 0.599. The molecule has 0 saturated carbocycles. The Labute approximate surface area is 117 Å². The topological polar surface area (TPSA) is 114 Å². The number of amides is 1. The lowest BCUT2D eigenvalue weighted by atomic mass is 10.2. The number of rotatable bonds is 6. The largest absolute Gasteiger partial charge is 0.378 e. The molecule has 1 rings (SSSR count). The fourth-order valence-electron chi connectivity index (χ4n) is 1.80. The third-order valence-electron chi connectivity index (χ3n) is 2.91. The maximum absolute atomic E-state index is 12.1. The summed E-state index contributed by atoms with van der Waals surface area (Å²) in [7, 11) is 0. The molecule has 1 aromatic heterocycles. The molecular formula is C12H19N5O3. The van der Waals surface area contributed by atoms with Gasteiger partial charge < -0.3 is 16.0 Å². The molecule has 1 amide bonds. The van der Waals surface area contributed by atoms with E-state index in [0.717, 1.165) is 0 Å². The van der Waals surface area contributed by atoms with Gasteiger partial charge in [0.1, 0.15) is 11.9 Å². The lowest BCUT2D eigenvalue weighted by molar-refractivity contribution is -0.384. The van der Waals surface area contributed by atoms with Crippen LogP contribution in [0.4, 0.5) is 17.3 Å². The van der Waals surface area contributed by atoms with Gasteiger partial charge in [0.15, 0.2) is 0 Å². The Kier molecular flexibility index (Phi) is 5.24. The van der Waals surface area contributed by atoms with Crippen LogP contribution in [-0.4, -0.2) is 39.8 Å². The van der Waals surface area contributed by atoms with E-state index in [9.17, 15) is 14.9 Å². The van der Waals surface area contributed by atoms with Crippen LogP contribution in [0.15, 0.2) is 12.1 Å². The van der Waals surface area contributed by atoms with Crippen molar-refractivity contribution in [2.75, 3.05) is 24.1 Å². The zero-order valence-electron chi connectivity index (χ0n) is 11.8. The molecule has 0 aromatic carbocycles. The minimum Gasteiger partial charge on any atom is -0.378 e. The first-order valence-corrected chi connectivity index (χ1v) is 6.36. The number of pyridine rings is 1. The molecule has 0 spiro atoms. The second-order valence-electron chi connectivity index (χ2n) is 4.23. The molecule has 0 aliphatic carbocycles. The number of carbonyl (C=O) groups is 1. The van der Waals surface area contributed by atoms with E-state index in [4.69, 9.17) is 5.73 Å². The Morgan fingerprint density at radius 3 is 2.55 bits per heavy atom. The maximum atomic E-state index is 12.1. The second-order valence-corrected chi connectivity index (χ2v) is 4.23. The number of hydrogen-bond donors (Lipinski definition) is 2. The molecule has 0 aliphatic heterocycles. The van der Waals surface area contributed by atoms with Crippen molar-refractivity contribution < 1.29 is 9.72 Å². The Hall–Kier alpha value is -2.38. The Bertz CT molecular complexity index is 502. The number of nitrogens with one attached hydrogen (secondary N) is 1. The Morgan fingerprint density at radius 1 is 1.50 bits per heavy atom. The van der Waals surface area contributed by atoms with E-state index in [-0.39, 0.29) is 17.4 Å². The highest BCUT2D eigenvalue weighted by Gasteiger charge is 2.19. The van der Waals surface area contributed by atoms with E-state index in [2.05, 4.69) is 10.3 Å². The van der Waals surface area contributed by atoms with Crippen LogP contribution in [0, 0.1) is 10.1 Å². The first-order valence-electron chi connectivity index (χ1n) is 6.36. The van der Waals surface area contributed by atoms with Gasteiger partial charge in [-0.1, -0.05) is 0 Å². The Morgan fingerprint density at radius 2 is 2.10 bits per heavy atom. The van der Waals surface area contributed by atoms with Crippen LogP contribution >= 0.6 is 0 Å². The zero-order chi connectivity index (χ0) is 15.3. The van der Waals surface area contributed by atoms with Gasteiger partial charge in [0.25, 0.3) is 0 Å². The summed E-state index contributed by atoms with van der Waals surface area (Å²) in [5.41, 5.74) is 5.25. The van der Waals surface area contributed by atoms with Gasteiger partial charge in [0, 0.05) is 19.2 Å². The van der Waals surface area contributed by atoms with Crippen LogP contribution in [-0.2, 0) is 4.79 Å². The fourth-order valence-corrected chi connectivity index (χ4v) is 1.80. The molecule has 8 nitrogen and oxygen atoms in total. The molecule has 1 aromatic rings. The molecule has 0 fully saturated rings. The average molecular weight is 281 g/mol. The highest BCUT2D eigenvalue weighted by atomic mass is 16.6. The summed E-state index contributed by atoms with van der Waals surface area (Å²) in [5.74, 6) is 0.0947. The molecule has 20 heavy (non-hydrogen) atoms. The standard InChI is InChI=1S/C12H19N5O3/c1-4-16(5-2)12(18)8(3)14-10-7-6-9(17(19)20)11(13)15-10/h6-8H,4-5H2,1-3H3,(H3,13,14,15). The van der Waals surface area contributed by atoms with E-state index in [1.807, 2.05) is 13.8 Å². The number of nitrogens with zero attached hydrogens (tertiary/aromatic N) is 3. The lowest BCUT2D eigenvalue weighted by Gasteiger charge is -2.23. The highest BCUT2D eigenvalue weighted by Crippen LogP contribution is 2.21. The Balaban J connectivity index is 2.81. The van der Waals surface area contributed by atoms with Crippen molar-refractivity contribution in [2.45, 2.75) is 26.8 Å². The summed E-state index contributed by atoms with van der Waals surface area (Å²) in [4.78, 5) is 27.7. The van der Waals surface area contributed by atoms with Crippen molar-refractivity contribution in [2.24, 2.45) is 0 Å². The zero-order valence-corrected chi connectivity index (χ0v) is 11.8. The summed E-state index contributed by atoms with van der Waals surface area (Å²) in [6.07, 6.45) is 0. The third kappa shape index (κ3) is 3.56. The SMILES string of the molecule is CCN(CC)C(=O)C(C)Nc1ccc([N+](=O)[O-])c(N)n1. The fraction of sp³-hybridized carbons (Fsp3) is 0.500. The number of carbonyl (C=O) groups excluding carboxylic acids is 1. The van der Waals surface area contributed by atoms with E-state index in [1.54, 1.807) is 11.8 Å². The van der Waals surface area contributed by atoms with Crippen LogP contribution in [0.25, 0.3) is 0 Å². The molecule has 0 aliphatic rings. The van der Waals surface area contributed by atoms with E-state index in [1.165, 1.54) is 12.1 Å². The molecule has 0 bridgehead atoms. The number of nitro groups is 1. The number of anilines is 2. The van der Waals surface area contributed by atoms with Crippen molar-refractivity contribution >= 4 is 23.2 Å². The number of nitrogens with two attached hydrogens (primary N) is 1. The first-order chi connectivity index (χ1) is 9.40. The molecule has 1 unspecified atom stereocenters. The molecule has 110 valence electrons. The molecule has 8 heteroatoms. The predicted molar refractivity (Wildman–Crippen MR) is 76.3 cm³/mol. The first kappa shape index (κ1) is 15.7. The number of likely N-dealkylation sites (N-methyl/N-ethyl adjacent to an activating group) is 1. The highest BCUT2D eigenvalue weighted by molar-refractivity contribution is 5.84. The van der Waals surface area contributed by atoms with Crippen LogP contribution in [0.2, 0.25) is 0 Å². The minimum atomic E-state index is -0.601.